The number of oxazole rings is 1. The van der Waals surface area contributed by atoms with E-state index in [0.717, 1.165) is 36.0 Å². The lowest BCUT2D eigenvalue weighted by atomic mass is 9.85. The molecule has 2 fully saturated rings. The number of hydrogen-bond donors (Lipinski definition) is 2. The Kier molecular flexibility index (Phi) is 4.15. The van der Waals surface area contributed by atoms with Crippen LogP contribution in [0.4, 0.5) is 6.01 Å². The molecule has 0 radical (unpaired) electrons. The zero-order chi connectivity index (χ0) is 17.6. The first-order chi connectivity index (χ1) is 12.0. The van der Waals surface area contributed by atoms with Crippen molar-refractivity contribution in [3.8, 4) is 0 Å². The fourth-order valence-electron chi connectivity index (χ4n) is 3.77. The second kappa shape index (κ2) is 6.33. The summed E-state index contributed by atoms with van der Waals surface area (Å²) in [6.45, 7) is 5.16. The van der Waals surface area contributed by atoms with Crippen LogP contribution in [0, 0.1) is 19.8 Å². The highest BCUT2D eigenvalue weighted by Gasteiger charge is 2.37. The minimum Gasteiger partial charge on any atom is -0.480 e. The van der Waals surface area contributed by atoms with E-state index in [4.69, 9.17) is 9.52 Å². The van der Waals surface area contributed by atoms with Crippen molar-refractivity contribution in [3.63, 3.8) is 0 Å². The van der Waals surface area contributed by atoms with Crippen LogP contribution in [-0.2, 0) is 4.79 Å². The highest BCUT2D eigenvalue weighted by Crippen LogP contribution is 2.35. The molecule has 134 valence electrons. The maximum Gasteiger partial charge on any atom is 0.317 e. The van der Waals surface area contributed by atoms with E-state index in [-0.39, 0.29) is 6.54 Å². The third-order valence-corrected chi connectivity index (χ3v) is 5.31. The Labute approximate surface area is 147 Å². The summed E-state index contributed by atoms with van der Waals surface area (Å²) < 4.78 is 5.87. The van der Waals surface area contributed by atoms with Gasteiger partial charge in [-0.1, -0.05) is 6.07 Å². The number of anilines is 1. The van der Waals surface area contributed by atoms with Crippen molar-refractivity contribution in [2.45, 2.75) is 51.6 Å². The predicted molar refractivity (Wildman–Crippen MR) is 95.8 cm³/mol. The largest absolute Gasteiger partial charge is 0.480 e. The minimum absolute atomic E-state index is 0.148. The van der Waals surface area contributed by atoms with E-state index in [9.17, 15) is 4.79 Å². The number of carboxylic acid groups (broad SMARTS) is 1. The number of aryl methyl sites for hydroxylation is 2. The molecular weight excluding hydrogens is 318 g/mol. The first kappa shape index (κ1) is 16.4. The van der Waals surface area contributed by atoms with E-state index in [1.807, 2.05) is 13.0 Å². The maximum absolute atomic E-state index is 11.1. The van der Waals surface area contributed by atoms with Crippen LogP contribution in [0.5, 0.6) is 0 Å². The van der Waals surface area contributed by atoms with Crippen LogP contribution < -0.4 is 5.32 Å². The molecule has 2 aliphatic rings. The third kappa shape index (κ3) is 3.63. The molecule has 0 unspecified atom stereocenters. The number of nitrogens with zero attached hydrogens (tertiary/aromatic N) is 2. The fourth-order valence-corrected chi connectivity index (χ4v) is 3.77. The molecule has 25 heavy (non-hydrogen) atoms. The van der Waals surface area contributed by atoms with Gasteiger partial charge >= 0.3 is 5.97 Å². The Morgan fingerprint density at radius 1 is 1.36 bits per heavy atom. The van der Waals surface area contributed by atoms with Crippen molar-refractivity contribution in [2.75, 3.05) is 18.4 Å². The number of benzene rings is 1. The van der Waals surface area contributed by atoms with Crippen LogP contribution in [0.1, 0.15) is 36.8 Å². The molecule has 6 heteroatoms. The van der Waals surface area contributed by atoms with Crippen molar-refractivity contribution in [2.24, 2.45) is 5.92 Å². The summed E-state index contributed by atoms with van der Waals surface area (Å²) in [7, 11) is 0. The number of hydrogen-bond acceptors (Lipinski definition) is 5. The smallest absolute Gasteiger partial charge is 0.317 e. The van der Waals surface area contributed by atoms with Gasteiger partial charge in [0.25, 0.3) is 6.01 Å². The van der Waals surface area contributed by atoms with E-state index in [1.54, 1.807) is 0 Å². The van der Waals surface area contributed by atoms with Crippen molar-refractivity contribution in [3.05, 3.63) is 23.3 Å². The van der Waals surface area contributed by atoms with E-state index in [2.05, 4.69) is 28.2 Å². The Balaban J connectivity index is 1.37. The number of aromatic nitrogens is 1. The molecule has 1 aromatic carbocycles. The standard InChI is InChI=1S/C19H25N3O3/c1-11-5-12(2)18-16(6-11)21-19(25-18)20-14-7-15(8-14)22(10-17(23)24)9-13-3-4-13/h5-6,13-15H,3-4,7-10H2,1-2H3,(H,20,21)(H,23,24). The molecule has 4 rings (SSSR count). The van der Waals surface area contributed by atoms with Crippen LogP contribution in [0.3, 0.4) is 0 Å². The number of rotatable bonds is 7. The molecule has 0 saturated heterocycles. The van der Waals surface area contributed by atoms with Gasteiger partial charge in [0.15, 0.2) is 5.58 Å². The summed E-state index contributed by atoms with van der Waals surface area (Å²) in [5.74, 6) is -0.0310. The number of fused-ring (bicyclic) bond motifs is 1. The predicted octanol–water partition coefficient (Wildman–Crippen LogP) is 3.18. The molecule has 0 amide bonds. The first-order valence-electron chi connectivity index (χ1n) is 9.08. The Morgan fingerprint density at radius 3 is 2.80 bits per heavy atom. The molecule has 0 spiro atoms. The van der Waals surface area contributed by atoms with Gasteiger partial charge in [-0.25, -0.2) is 0 Å². The van der Waals surface area contributed by atoms with Gasteiger partial charge in [0.1, 0.15) is 5.52 Å². The molecule has 0 bridgehead atoms. The topological polar surface area (TPSA) is 78.6 Å². The molecule has 2 saturated carbocycles. The van der Waals surface area contributed by atoms with Gasteiger partial charge in [-0.2, -0.15) is 4.98 Å². The number of carbonyl (C=O) groups is 1. The normalized spacial score (nSPS) is 23.0. The number of aliphatic carboxylic acids is 1. The monoisotopic (exact) mass is 343 g/mol. The van der Waals surface area contributed by atoms with Gasteiger partial charge in [0.05, 0.1) is 6.54 Å². The van der Waals surface area contributed by atoms with Crippen LogP contribution in [0.15, 0.2) is 16.5 Å². The van der Waals surface area contributed by atoms with Gasteiger partial charge in [-0.15, -0.1) is 0 Å². The molecular formula is C19H25N3O3. The summed E-state index contributed by atoms with van der Waals surface area (Å²) in [5.41, 5.74) is 4.00. The average molecular weight is 343 g/mol. The molecule has 0 atom stereocenters. The van der Waals surface area contributed by atoms with Gasteiger partial charge in [-0.05, 0) is 62.6 Å². The quantitative estimate of drug-likeness (QED) is 0.804. The molecule has 0 aliphatic heterocycles. The highest BCUT2D eigenvalue weighted by atomic mass is 16.4. The SMILES string of the molecule is Cc1cc(C)c2oc(NC3CC(N(CC(=O)O)CC4CC4)C3)nc2c1. The molecule has 1 aromatic heterocycles. The minimum atomic E-state index is -0.734. The Morgan fingerprint density at radius 2 is 2.12 bits per heavy atom. The number of nitrogens with one attached hydrogen (secondary N) is 1. The Bertz CT molecular complexity index is 791. The summed E-state index contributed by atoms with van der Waals surface area (Å²) >= 11 is 0. The second-order valence-electron chi connectivity index (χ2n) is 7.68. The van der Waals surface area contributed by atoms with E-state index in [1.165, 1.54) is 18.4 Å². The van der Waals surface area contributed by atoms with Crippen LogP contribution in [0.2, 0.25) is 0 Å². The molecule has 1 heterocycles. The number of carboxylic acids is 1. The highest BCUT2D eigenvalue weighted by molar-refractivity contribution is 5.78. The lowest BCUT2D eigenvalue weighted by Gasteiger charge is -2.42. The van der Waals surface area contributed by atoms with Crippen molar-refractivity contribution in [1.82, 2.24) is 9.88 Å². The van der Waals surface area contributed by atoms with Gasteiger partial charge in [-0.3, -0.25) is 9.69 Å². The fraction of sp³-hybridized carbons (Fsp3) is 0.579. The summed E-state index contributed by atoms with van der Waals surface area (Å²) in [4.78, 5) is 17.8. The van der Waals surface area contributed by atoms with Crippen LogP contribution in [-0.4, -0.2) is 46.1 Å². The summed E-state index contributed by atoms with van der Waals surface area (Å²) in [6.07, 6.45) is 4.37. The maximum atomic E-state index is 11.1. The second-order valence-corrected chi connectivity index (χ2v) is 7.68. The van der Waals surface area contributed by atoms with Gasteiger partial charge < -0.3 is 14.8 Å². The van der Waals surface area contributed by atoms with Crippen LogP contribution in [0.25, 0.3) is 11.1 Å². The van der Waals surface area contributed by atoms with E-state index in [0.29, 0.717) is 24.0 Å². The zero-order valence-corrected chi connectivity index (χ0v) is 14.8. The molecule has 2 N–H and O–H groups in total. The lowest BCUT2D eigenvalue weighted by Crippen LogP contribution is -2.52. The van der Waals surface area contributed by atoms with Crippen LogP contribution >= 0.6 is 0 Å². The van der Waals surface area contributed by atoms with E-state index < -0.39 is 5.97 Å². The van der Waals surface area contributed by atoms with Gasteiger partial charge in [0.2, 0.25) is 0 Å². The van der Waals surface area contributed by atoms with Crippen molar-refractivity contribution < 1.29 is 14.3 Å². The third-order valence-electron chi connectivity index (χ3n) is 5.31. The summed E-state index contributed by atoms with van der Waals surface area (Å²) in [5, 5.41) is 12.5. The zero-order valence-electron chi connectivity index (χ0n) is 14.8. The average Bonchev–Trinajstić information content (AvgIpc) is 3.19. The molecule has 2 aliphatic carbocycles. The van der Waals surface area contributed by atoms with Crippen molar-refractivity contribution >= 4 is 23.1 Å². The molecule has 6 nitrogen and oxygen atoms in total. The van der Waals surface area contributed by atoms with Gasteiger partial charge in [0, 0.05) is 18.6 Å². The lowest BCUT2D eigenvalue weighted by molar-refractivity contribution is -0.139. The molecule has 2 aromatic rings. The van der Waals surface area contributed by atoms with E-state index >= 15 is 0 Å². The first-order valence-corrected chi connectivity index (χ1v) is 9.08. The van der Waals surface area contributed by atoms with Crippen molar-refractivity contribution in [1.29, 1.82) is 0 Å². The Hall–Kier alpha value is -2.08. The summed E-state index contributed by atoms with van der Waals surface area (Å²) in [6, 6.07) is 5.35.